The van der Waals surface area contributed by atoms with Gasteiger partial charge in [-0.25, -0.2) is 4.39 Å². The van der Waals surface area contributed by atoms with E-state index >= 15 is 0 Å². The van der Waals surface area contributed by atoms with Crippen molar-refractivity contribution in [1.29, 1.82) is 0 Å². The Morgan fingerprint density at radius 1 is 1.07 bits per heavy atom. The molecule has 2 N–H and O–H groups in total. The molecule has 1 aromatic heterocycles. The van der Waals surface area contributed by atoms with Gasteiger partial charge in [-0.1, -0.05) is 61.0 Å². The summed E-state index contributed by atoms with van der Waals surface area (Å²) in [5, 5.41) is 10.5. The van der Waals surface area contributed by atoms with Gasteiger partial charge in [0.1, 0.15) is 5.82 Å². The van der Waals surface area contributed by atoms with Gasteiger partial charge in [0.2, 0.25) is 5.91 Å². The number of nitrogens with zero attached hydrogens (tertiary/aromatic N) is 1. The molecule has 0 spiro atoms. The van der Waals surface area contributed by atoms with Gasteiger partial charge in [0.05, 0.1) is 0 Å². The third-order valence-electron chi connectivity index (χ3n) is 6.24. The molecule has 0 radical (unpaired) electrons. The summed E-state index contributed by atoms with van der Waals surface area (Å²) in [4.78, 5) is 12.4. The number of rotatable bonds is 4. The Hall–Kier alpha value is -3.21. The van der Waals surface area contributed by atoms with Crippen LogP contribution >= 0.6 is 0 Å². The van der Waals surface area contributed by atoms with Crippen molar-refractivity contribution in [3.8, 4) is 0 Å². The van der Waals surface area contributed by atoms with E-state index in [1.54, 1.807) is 0 Å². The van der Waals surface area contributed by atoms with E-state index in [4.69, 9.17) is 0 Å². The van der Waals surface area contributed by atoms with Gasteiger partial charge >= 0.3 is 0 Å². The zero-order chi connectivity index (χ0) is 19.8. The third-order valence-corrected chi connectivity index (χ3v) is 6.24. The molecule has 3 aromatic rings. The first kappa shape index (κ1) is 17.9. The van der Waals surface area contributed by atoms with Gasteiger partial charge in [-0.2, -0.15) is 5.10 Å². The standard InChI is InChI=1S/C24H22FN3O/c25-19-11-9-18(10-12-19)24(17-7-2-1-3-8-17)14-13-20-21(15-24)27-28-22(20)26-23(29)16-5-4-6-16/h1-3,7-14,16H,4-6,15H2,(H2,26,27,28,29). The molecule has 2 aliphatic carbocycles. The number of hydrogen-bond acceptors (Lipinski definition) is 2. The lowest BCUT2D eigenvalue weighted by atomic mass is 9.68. The van der Waals surface area contributed by atoms with E-state index in [0.29, 0.717) is 12.2 Å². The topological polar surface area (TPSA) is 57.8 Å². The van der Waals surface area contributed by atoms with Crippen LogP contribution in [0.15, 0.2) is 60.7 Å². The van der Waals surface area contributed by atoms with E-state index in [2.05, 4.69) is 33.7 Å². The number of carbonyl (C=O) groups excluding carboxylic acids is 1. The molecule has 5 heteroatoms. The van der Waals surface area contributed by atoms with E-state index < -0.39 is 5.41 Å². The number of H-pyrrole nitrogens is 1. The number of benzene rings is 2. The average Bonchev–Trinajstić information content (AvgIpc) is 3.09. The number of fused-ring (bicyclic) bond motifs is 1. The second-order valence-electron chi connectivity index (χ2n) is 7.94. The van der Waals surface area contributed by atoms with Gasteiger partial charge in [-0.05, 0) is 36.1 Å². The number of amides is 1. The van der Waals surface area contributed by atoms with Crippen LogP contribution in [0.5, 0.6) is 0 Å². The summed E-state index contributed by atoms with van der Waals surface area (Å²) in [6, 6.07) is 16.9. The molecule has 1 amide bonds. The minimum absolute atomic E-state index is 0.0531. The number of allylic oxidation sites excluding steroid dienone is 1. The van der Waals surface area contributed by atoms with Gasteiger partial charge in [0.25, 0.3) is 0 Å². The highest BCUT2D eigenvalue weighted by atomic mass is 19.1. The molecule has 2 aliphatic rings. The van der Waals surface area contributed by atoms with E-state index in [-0.39, 0.29) is 17.6 Å². The van der Waals surface area contributed by atoms with Crippen molar-refractivity contribution in [2.45, 2.75) is 31.1 Å². The van der Waals surface area contributed by atoms with Crippen LogP contribution in [0.1, 0.15) is 41.6 Å². The summed E-state index contributed by atoms with van der Waals surface area (Å²) < 4.78 is 13.6. The number of halogens is 1. The molecule has 1 atom stereocenters. The maximum absolute atomic E-state index is 13.6. The van der Waals surface area contributed by atoms with Crippen molar-refractivity contribution in [2.75, 3.05) is 5.32 Å². The average molecular weight is 387 g/mol. The molecule has 1 unspecified atom stereocenters. The fourth-order valence-electron chi connectivity index (χ4n) is 4.29. The normalized spacial score (nSPS) is 20.7. The fourth-order valence-corrected chi connectivity index (χ4v) is 4.29. The lowest BCUT2D eigenvalue weighted by molar-refractivity contribution is -0.122. The second-order valence-corrected chi connectivity index (χ2v) is 7.94. The van der Waals surface area contributed by atoms with Crippen molar-refractivity contribution >= 4 is 17.8 Å². The smallest absolute Gasteiger partial charge is 0.228 e. The van der Waals surface area contributed by atoms with Crippen molar-refractivity contribution in [1.82, 2.24) is 10.2 Å². The molecule has 4 nitrogen and oxygen atoms in total. The zero-order valence-electron chi connectivity index (χ0n) is 16.0. The zero-order valence-corrected chi connectivity index (χ0v) is 16.0. The summed E-state index contributed by atoms with van der Waals surface area (Å²) in [5.41, 5.74) is 3.60. The SMILES string of the molecule is O=C(Nc1n[nH]c2c1C=CC(c1ccccc1)(c1ccc(F)cc1)C2)C1CCC1. The summed E-state index contributed by atoms with van der Waals surface area (Å²) in [6.45, 7) is 0. The minimum atomic E-state index is -0.427. The number of aromatic amines is 1. The van der Waals surface area contributed by atoms with Crippen LogP contribution in [0.25, 0.3) is 6.08 Å². The van der Waals surface area contributed by atoms with Crippen LogP contribution in [0.2, 0.25) is 0 Å². The van der Waals surface area contributed by atoms with Crippen LogP contribution in [0, 0.1) is 11.7 Å². The van der Waals surface area contributed by atoms with Gasteiger partial charge < -0.3 is 5.32 Å². The molecule has 2 aromatic carbocycles. The minimum Gasteiger partial charge on any atom is -0.308 e. The Labute approximate surface area is 168 Å². The molecule has 0 bridgehead atoms. The van der Waals surface area contributed by atoms with Crippen LogP contribution < -0.4 is 5.32 Å². The van der Waals surface area contributed by atoms with Crippen molar-refractivity contribution in [2.24, 2.45) is 5.92 Å². The number of aromatic nitrogens is 2. The monoisotopic (exact) mass is 387 g/mol. The first-order chi connectivity index (χ1) is 14.2. The first-order valence-electron chi connectivity index (χ1n) is 10.0. The van der Waals surface area contributed by atoms with E-state index in [1.807, 2.05) is 36.4 Å². The molecule has 1 saturated carbocycles. The molecule has 146 valence electrons. The largest absolute Gasteiger partial charge is 0.308 e. The predicted octanol–water partition coefficient (Wildman–Crippen LogP) is 4.84. The molecule has 1 heterocycles. The second kappa shape index (κ2) is 6.99. The highest BCUT2D eigenvalue weighted by Crippen LogP contribution is 2.42. The summed E-state index contributed by atoms with van der Waals surface area (Å²) >= 11 is 0. The third kappa shape index (κ3) is 3.07. The Balaban J connectivity index is 1.53. The van der Waals surface area contributed by atoms with Gasteiger partial charge in [0, 0.05) is 29.0 Å². The van der Waals surface area contributed by atoms with Crippen LogP contribution in [-0.4, -0.2) is 16.1 Å². The van der Waals surface area contributed by atoms with Crippen molar-refractivity contribution in [3.05, 3.63) is 88.9 Å². The molecule has 0 aliphatic heterocycles. The van der Waals surface area contributed by atoms with E-state index in [9.17, 15) is 9.18 Å². The number of carbonyl (C=O) groups is 1. The summed E-state index contributed by atoms with van der Waals surface area (Å²) in [7, 11) is 0. The molecule has 29 heavy (non-hydrogen) atoms. The van der Waals surface area contributed by atoms with E-state index in [0.717, 1.165) is 41.6 Å². The summed E-state index contributed by atoms with van der Waals surface area (Å²) in [5.74, 6) is 0.504. The maximum Gasteiger partial charge on any atom is 0.228 e. The lowest BCUT2D eigenvalue weighted by Crippen LogP contribution is -2.31. The first-order valence-corrected chi connectivity index (χ1v) is 10.0. The summed E-state index contributed by atoms with van der Waals surface area (Å²) in [6.07, 6.45) is 7.85. The number of hydrogen-bond donors (Lipinski definition) is 2. The molecule has 0 saturated heterocycles. The molecule has 5 rings (SSSR count). The molecule has 1 fully saturated rings. The van der Waals surface area contributed by atoms with Crippen LogP contribution in [0.3, 0.4) is 0 Å². The lowest BCUT2D eigenvalue weighted by Gasteiger charge is -2.34. The van der Waals surface area contributed by atoms with Gasteiger partial charge in [0.15, 0.2) is 5.82 Å². The highest BCUT2D eigenvalue weighted by molar-refractivity contribution is 5.94. The molecular formula is C24H22FN3O. The Kier molecular flexibility index (Phi) is 4.31. The number of nitrogens with one attached hydrogen (secondary N) is 2. The molecular weight excluding hydrogens is 365 g/mol. The Bertz CT molecular complexity index is 1070. The van der Waals surface area contributed by atoms with Gasteiger partial charge in [-0.3, -0.25) is 9.89 Å². The Morgan fingerprint density at radius 2 is 1.79 bits per heavy atom. The van der Waals surface area contributed by atoms with Gasteiger partial charge in [-0.15, -0.1) is 0 Å². The van der Waals surface area contributed by atoms with Crippen molar-refractivity contribution in [3.63, 3.8) is 0 Å². The predicted molar refractivity (Wildman–Crippen MR) is 111 cm³/mol. The van der Waals surface area contributed by atoms with Crippen LogP contribution in [0.4, 0.5) is 10.2 Å². The highest BCUT2D eigenvalue weighted by Gasteiger charge is 2.37. The Morgan fingerprint density at radius 3 is 2.48 bits per heavy atom. The maximum atomic E-state index is 13.6. The van der Waals surface area contributed by atoms with E-state index in [1.165, 1.54) is 12.1 Å². The quantitative estimate of drug-likeness (QED) is 0.673. The number of anilines is 1. The van der Waals surface area contributed by atoms with Crippen LogP contribution in [-0.2, 0) is 16.6 Å². The van der Waals surface area contributed by atoms with Crippen molar-refractivity contribution < 1.29 is 9.18 Å². The fraction of sp³-hybridized carbons (Fsp3) is 0.250.